The number of nitrogens with zero attached hydrogens (tertiary/aromatic N) is 7. The number of amides is 1. The highest BCUT2D eigenvalue weighted by Gasteiger charge is 2.32. The van der Waals surface area contributed by atoms with Gasteiger partial charge in [0.25, 0.3) is 5.91 Å². The van der Waals surface area contributed by atoms with Gasteiger partial charge < -0.3 is 9.47 Å². The van der Waals surface area contributed by atoms with Gasteiger partial charge >= 0.3 is 0 Å². The van der Waals surface area contributed by atoms with E-state index in [1.807, 2.05) is 36.1 Å². The van der Waals surface area contributed by atoms with Gasteiger partial charge in [-0.3, -0.25) is 4.79 Å². The minimum Gasteiger partial charge on any atom is -0.324 e. The summed E-state index contributed by atoms with van der Waals surface area (Å²) in [5.74, 6) is 1.38. The maximum Gasteiger partial charge on any atom is 0.255 e. The lowest BCUT2D eigenvalue weighted by molar-refractivity contribution is 0.0769. The molecular formula is C27H26N8O. The van der Waals surface area contributed by atoms with Gasteiger partial charge in [0.1, 0.15) is 11.3 Å². The average molecular weight is 479 g/mol. The molecule has 9 nitrogen and oxygen atoms in total. The van der Waals surface area contributed by atoms with E-state index in [2.05, 4.69) is 69.4 Å². The van der Waals surface area contributed by atoms with Crippen molar-refractivity contribution in [2.45, 2.75) is 39.8 Å². The molecule has 2 aliphatic rings. The summed E-state index contributed by atoms with van der Waals surface area (Å²) in [7, 11) is 0. The Balaban J connectivity index is 1.27. The highest BCUT2D eigenvalue weighted by molar-refractivity contribution is 6.01. The molecule has 1 unspecified atom stereocenters. The third-order valence-corrected chi connectivity index (χ3v) is 6.81. The fourth-order valence-electron chi connectivity index (χ4n) is 5.12. The lowest BCUT2D eigenvalue weighted by Crippen LogP contribution is -2.37. The number of aryl methyl sites for hydroxylation is 3. The summed E-state index contributed by atoms with van der Waals surface area (Å²) in [5, 5.41) is 14.2. The SMILES string of the molecule is CCc1nc2c(C)cc(C)nc2n1CC1=CC2=CCN(C(=O)c3ccccc3-c3nn[nH]n3)C2C=C1. The molecule has 1 atom stereocenters. The number of fused-ring (bicyclic) bond motifs is 2. The molecule has 0 bridgehead atoms. The van der Waals surface area contributed by atoms with Crippen LogP contribution in [0.3, 0.4) is 0 Å². The molecule has 0 fully saturated rings. The number of carbonyl (C=O) groups excluding carboxylic acids is 1. The van der Waals surface area contributed by atoms with E-state index in [0.29, 0.717) is 30.0 Å². The minimum atomic E-state index is -0.104. The Hall–Kier alpha value is -4.40. The van der Waals surface area contributed by atoms with Crippen molar-refractivity contribution in [3.63, 3.8) is 0 Å². The summed E-state index contributed by atoms with van der Waals surface area (Å²) in [5.41, 5.74) is 7.54. The lowest BCUT2D eigenvalue weighted by Gasteiger charge is -2.27. The largest absolute Gasteiger partial charge is 0.324 e. The smallest absolute Gasteiger partial charge is 0.255 e. The number of pyridine rings is 1. The zero-order chi connectivity index (χ0) is 24.8. The number of rotatable bonds is 5. The van der Waals surface area contributed by atoms with Crippen molar-refractivity contribution >= 4 is 17.1 Å². The number of carbonyl (C=O) groups is 1. The van der Waals surface area contributed by atoms with Crippen LogP contribution in [0.2, 0.25) is 0 Å². The van der Waals surface area contributed by atoms with Gasteiger partial charge in [-0.2, -0.15) is 5.21 Å². The Kier molecular flexibility index (Phi) is 5.32. The average Bonchev–Trinajstić information content (AvgIpc) is 3.63. The Morgan fingerprint density at radius 1 is 1.19 bits per heavy atom. The predicted octanol–water partition coefficient (Wildman–Crippen LogP) is 3.74. The highest BCUT2D eigenvalue weighted by Crippen LogP contribution is 2.31. The Morgan fingerprint density at radius 3 is 2.86 bits per heavy atom. The van der Waals surface area contributed by atoms with Crippen LogP contribution < -0.4 is 0 Å². The fourth-order valence-corrected chi connectivity index (χ4v) is 5.12. The first-order chi connectivity index (χ1) is 17.5. The predicted molar refractivity (Wildman–Crippen MR) is 136 cm³/mol. The molecule has 180 valence electrons. The molecule has 0 saturated carbocycles. The molecule has 1 aliphatic heterocycles. The lowest BCUT2D eigenvalue weighted by atomic mass is 9.97. The molecule has 0 radical (unpaired) electrons. The summed E-state index contributed by atoms with van der Waals surface area (Å²) in [6, 6.07) is 9.35. The monoisotopic (exact) mass is 478 g/mol. The van der Waals surface area contributed by atoms with Crippen molar-refractivity contribution in [2.75, 3.05) is 6.54 Å². The number of benzene rings is 1. The van der Waals surface area contributed by atoms with Crippen molar-refractivity contribution in [2.24, 2.45) is 0 Å². The molecule has 1 amide bonds. The first-order valence-electron chi connectivity index (χ1n) is 12.1. The van der Waals surface area contributed by atoms with Crippen LogP contribution in [0, 0.1) is 13.8 Å². The zero-order valence-electron chi connectivity index (χ0n) is 20.4. The normalized spacial score (nSPS) is 16.9. The van der Waals surface area contributed by atoms with Gasteiger partial charge in [-0.1, -0.05) is 49.4 Å². The summed E-state index contributed by atoms with van der Waals surface area (Å²) in [6.07, 6.45) is 9.38. The van der Waals surface area contributed by atoms with Gasteiger partial charge in [0.2, 0.25) is 5.82 Å². The molecule has 36 heavy (non-hydrogen) atoms. The number of tetrazole rings is 1. The molecule has 3 aromatic heterocycles. The number of aromatic amines is 1. The number of H-pyrrole nitrogens is 1. The van der Waals surface area contributed by atoms with Gasteiger partial charge in [0, 0.05) is 24.2 Å². The van der Waals surface area contributed by atoms with E-state index in [1.54, 1.807) is 0 Å². The maximum atomic E-state index is 13.6. The third kappa shape index (κ3) is 3.64. The topological polar surface area (TPSA) is 105 Å². The van der Waals surface area contributed by atoms with Crippen LogP contribution in [0.5, 0.6) is 0 Å². The van der Waals surface area contributed by atoms with E-state index in [0.717, 1.165) is 45.8 Å². The van der Waals surface area contributed by atoms with Gasteiger partial charge in [-0.25, -0.2) is 9.97 Å². The Morgan fingerprint density at radius 2 is 2.06 bits per heavy atom. The summed E-state index contributed by atoms with van der Waals surface area (Å²) in [6.45, 7) is 7.46. The molecule has 1 N–H and O–H groups in total. The van der Waals surface area contributed by atoms with Crippen molar-refractivity contribution in [1.29, 1.82) is 0 Å². The van der Waals surface area contributed by atoms with E-state index in [1.165, 1.54) is 0 Å². The molecule has 6 rings (SSSR count). The van der Waals surface area contributed by atoms with Crippen molar-refractivity contribution in [3.8, 4) is 11.4 Å². The Bertz CT molecular complexity index is 1570. The van der Waals surface area contributed by atoms with Crippen molar-refractivity contribution in [3.05, 3.63) is 88.4 Å². The number of aromatic nitrogens is 7. The van der Waals surface area contributed by atoms with E-state index in [-0.39, 0.29) is 11.9 Å². The fraction of sp³-hybridized carbons (Fsp3) is 0.259. The van der Waals surface area contributed by atoms with E-state index >= 15 is 0 Å². The second-order valence-corrected chi connectivity index (χ2v) is 9.19. The van der Waals surface area contributed by atoms with Crippen molar-refractivity contribution in [1.82, 2.24) is 40.1 Å². The van der Waals surface area contributed by atoms with Gasteiger partial charge in [0.05, 0.1) is 18.2 Å². The van der Waals surface area contributed by atoms with Crippen LogP contribution in [-0.2, 0) is 13.0 Å². The van der Waals surface area contributed by atoms with E-state index in [9.17, 15) is 4.79 Å². The molecule has 1 aromatic carbocycles. The van der Waals surface area contributed by atoms with Crippen LogP contribution in [0.4, 0.5) is 0 Å². The molecular weight excluding hydrogens is 452 g/mol. The van der Waals surface area contributed by atoms with Crippen molar-refractivity contribution < 1.29 is 4.79 Å². The highest BCUT2D eigenvalue weighted by atomic mass is 16.2. The van der Waals surface area contributed by atoms with Crippen LogP contribution in [0.1, 0.15) is 34.4 Å². The number of imidazole rings is 1. The second-order valence-electron chi connectivity index (χ2n) is 9.19. The first-order valence-corrected chi connectivity index (χ1v) is 12.1. The minimum absolute atomic E-state index is 0.0582. The zero-order valence-corrected chi connectivity index (χ0v) is 20.4. The first kappa shape index (κ1) is 22.1. The van der Waals surface area contributed by atoms with Crippen LogP contribution >= 0.6 is 0 Å². The number of hydrogen-bond acceptors (Lipinski definition) is 6. The van der Waals surface area contributed by atoms with Gasteiger partial charge in [-0.15, -0.1) is 10.2 Å². The Labute approximate surface area is 208 Å². The summed E-state index contributed by atoms with van der Waals surface area (Å²) < 4.78 is 2.21. The number of nitrogens with one attached hydrogen (secondary N) is 1. The number of hydrogen-bond donors (Lipinski definition) is 1. The summed E-state index contributed by atoms with van der Waals surface area (Å²) in [4.78, 5) is 25.1. The standard InChI is InChI=1S/C27H26N8O/c1-4-23-29-24-16(2)13-17(3)28-26(24)35(23)15-18-9-10-22-19(14-18)11-12-34(22)27(36)21-8-6-5-7-20(21)25-30-32-33-31-25/h5-11,13-14,22H,4,12,15H2,1-3H3,(H,30,31,32,33). The van der Waals surface area contributed by atoms with Gasteiger partial charge in [0.15, 0.2) is 5.65 Å². The van der Waals surface area contributed by atoms with E-state index < -0.39 is 0 Å². The molecule has 4 heterocycles. The molecule has 0 saturated heterocycles. The molecule has 0 spiro atoms. The molecule has 1 aliphatic carbocycles. The van der Waals surface area contributed by atoms with Crippen LogP contribution in [0.25, 0.3) is 22.6 Å². The summed E-state index contributed by atoms with van der Waals surface area (Å²) >= 11 is 0. The second kappa shape index (κ2) is 8.67. The molecule has 9 heteroatoms. The van der Waals surface area contributed by atoms with Crippen LogP contribution in [0.15, 0.2) is 65.8 Å². The van der Waals surface area contributed by atoms with Gasteiger partial charge in [-0.05, 0) is 47.9 Å². The number of allylic oxidation sites excluding steroid dienone is 2. The maximum absolute atomic E-state index is 13.6. The van der Waals surface area contributed by atoms with E-state index in [4.69, 9.17) is 9.97 Å². The quantitative estimate of drug-likeness (QED) is 0.469. The van der Waals surface area contributed by atoms with Crippen LogP contribution in [-0.4, -0.2) is 58.6 Å². The third-order valence-electron chi connectivity index (χ3n) is 6.81. The molecule has 4 aromatic rings.